The van der Waals surface area contributed by atoms with Crippen LogP contribution in [0.15, 0.2) is 24.3 Å². The van der Waals surface area contributed by atoms with Crippen molar-refractivity contribution in [1.29, 1.82) is 0 Å². The van der Waals surface area contributed by atoms with Gasteiger partial charge in [0, 0.05) is 12.2 Å². The molecule has 2 N–H and O–H groups in total. The van der Waals surface area contributed by atoms with Gasteiger partial charge < -0.3 is 20.1 Å². The second kappa shape index (κ2) is 7.14. The van der Waals surface area contributed by atoms with Crippen molar-refractivity contribution in [2.45, 2.75) is 31.7 Å². The molecule has 1 unspecified atom stereocenters. The highest BCUT2D eigenvalue weighted by molar-refractivity contribution is 5.89. The summed E-state index contributed by atoms with van der Waals surface area (Å²) in [6.07, 6.45) is 4.04. The Kier molecular flexibility index (Phi) is 5.24. The van der Waals surface area contributed by atoms with Gasteiger partial charge in [0.15, 0.2) is 0 Å². The first-order chi connectivity index (χ1) is 9.74. The number of hydrogen-bond donors (Lipinski definition) is 2. The van der Waals surface area contributed by atoms with E-state index in [1.807, 2.05) is 24.3 Å². The zero-order valence-electron chi connectivity index (χ0n) is 11.8. The van der Waals surface area contributed by atoms with Crippen LogP contribution in [-0.4, -0.2) is 42.3 Å². The van der Waals surface area contributed by atoms with Crippen LogP contribution in [0.25, 0.3) is 0 Å². The molecule has 0 spiro atoms. The summed E-state index contributed by atoms with van der Waals surface area (Å²) in [5.74, 6) is 0.756. The first-order valence-corrected chi connectivity index (χ1v) is 7.07. The molecular formula is C15H22N2O3. The van der Waals surface area contributed by atoms with Crippen molar-refractivity contribution in [2.24, 2.45) is 0 Å². The molecule has 2 amide bonds. The number of carbonyl (C=O) groups is 1. The van der Waals surface area contributed by atoms with E-state index in [1.165, 1.54) is 0 Å². The fourth-order valence-electron chi connectivity index (χ4n) is 2.50. The Balaban J connectivity index is 2.01. The summed E-state index contributed by atoms with van der Waals surface area (Å²) in [5, 5.41) is 12.3. The van der Waals surface area contributed by atoms with Gasteiger partial charge in [-0.05, 0) is 37.1 Å². The zero-order chi connectivity index (χ0) is 14.4. The predicted molar refractivity (Wildman–Crippen MR) is 78.1 cm³/mol. The van der Waals surface area contributed by atoms with Gasteiger partial charge in [0.25, 0.3) is 0 Å². The average Bonchev–Trinajstić information content (AvgIpc) is 2.73. The third kappa shape index (κ3) is 3.63. The van der Waals surface area contributed by atoms with Crippen LogP contribution in [0.4, 0.5) is 10.5 Å². The molecule has 1 aromatic rings. The number of ether oxygens (including phenoxy) is 1. The van der Waals surface area contributed by atoms with Crippen molar-refractivity contribution in [3.05, 3.63) is 24.3 Å². The molecule has 1 aromatic carbocycles. The van der Waals surface area contributed by atoms with Gasteiger partial charge in [0.2, 0.25) is 0 Å². The Labute approximate surface area is 119 Å². The number of amides is 2. The lowest BCUT2D eigenvalue weighted by molar-refractivity contribution is 0.142. The van der Waals surface area contributed by atoms with Crippen LogP contribution >= 0.6 is 0 Å². The Morgan fingerprint density at radius 2 is 2.10 bits per heavy atom. The normalized spacial score (nSPS) is 19.3. The van der Waals surface area contributed by atoms with Crippen molar-refractivity contribution in [3.8, 4) is 5.75 Å². The average molecular weight is 278 g/mol. The van der Waals surface area contributed by atoms with Gasteiger partial charge in [-0.25, -0.2) is 4.79 Å². The number of aliphatic hydroxyl groups excluding tert-OH is 1. The molecule has 0 saturated carbocycles. The van der Waals surface area contributed by atoms with E-state index < -0.39 is 0 Å². The quantitative estimate of drug-likeness (QED) is 0.893. The lowest BCUT2D eigenvalue weighted by Crippen LogP contribution is -2.44. The van der Waals surface area contributed by atoms with E-state index in [1.54, 1.807) is 12.0 Å². The van der Waals surface area contributed by atoms with E-state index in [2.05, 4.69) is 5.32 Å². The number of anilines is 1. The van der Waals surface area contributed by atoms with Crippen molar-refractivity contribution in [3.63, 3.8) is 0 Å². The van der Waals surface area contributed by atoms with Gasteiger partial charge in [-0.1, -0.05) is 12.8 Å². The number of methoxy groups -OCH3 is 1. The number of rotatable bonds is 3. The molecule has 5 heteroatoms. The largest absolute Gasteiger partial charge is 0.497 e. The van der Waals surface area contributed by atoms with Crippen molar-refractivity contribution in [1.82, 2.24) is 4.90 Å². The number of urea groups is 1. The number of nitrogens with one attached hydrogen (secondary N) is 1. The maximum atomic E-state index is 12.3. The van der Waals surface area contributed by atoms with Gasteiger partial charge in [-0.2, -0.15) is 0 Å². The summed E-state index contributed by atoms with van der Waals surface area (Å²) in [5.41, 5.74) is 0.733. The third-order valence-corrected chi connectivity index (χ3v) is 3.69. The minimum Gasteiger partial charge on any atom is -0.497 e. The van der Waals surface area contributed by atoms with Crippen molar-refractivity contribution in [2.75, 3.05) is 25.6 Å². The van der Waals surface area contributed by atoms with Crippen LogP contribution < -0.4 is 10.1 Å². The summed E-state index contributed by atoms with van der Waals surface area (Å²) in [6, 6.07) is 7.01. The second-order valence-electron chi connectivity index (χ2n) is 5.04. The minimum atomic E-state index is -0.142. The van der Waals surface area contributed by atoms with Crippen LogP contribution in [0.3, 0.4) is 0 Å². The highest BCUT2D eigenvalue weighted by atomic mass is 16.5. The topological polar surface area (TPSA) is 61.8 Å². The number of benzene rings is 1. The summed E-state index contributed by atoms with van der Waals surface area (Å²) in [6.45, 7) is 0.725. The molecule has 0 bridgehead atoms. The Morgan fingerprint density at radius 3 is 2.75 bits per heavy atom. The molecule has 1 saturated heterocycles. The van der Waals surface area contributed by atoms with E-state index in [4.69, 9.17) is 4.74 Å². The van der Waals surface area contributed by atoms with Crippen LogP contribution in [0.5, 0.6) is 5.75 Å². The third-order valence-electron chi connectivity index (χ3n) is 3.69. The van der Waals surface area contributed by atoms with Gasteiger partial charge in [0.05, 0.1) is 19.8 Å². The summed E-state index contributed by atoms with van der Waals surface area (Å²) >= 11 is 0. The van der Waals surface area contributed by atoms with Crippen LogP contribution in [0.1, 0.15) is 25.7 Å². The standard InChI is InChI=1S/C15H22N2O3/c1-20-14-8-6-12(7-9-14)16-15(19)17-10-4-2-3-5-13(17)11-18/h6-9,13,18H,2-5,10-11H2,1H3,(H,16,19). The number of carbonyl (C=O) groups excluding carboxylic acids is 1. The molecule has 110 valence electrons. The predicted octanol–water partition coefficient (Wildman–Crippen LogP) is 2.46. The molecule has 2 rings (SSSR count). The molecule has 1 heterocycles. The summed E-state index contributed by atoms with van der Waals surface area (Å²) in [7, 11) is 1.61. The maximum Gasteiger partial charge on any atom is 0.322 e. The number of nitrogens with zero attached hydrogens (tertiary/aromatic N) is 1. The molecule has 0 radical (unpaired) electrons. The van der Waals surface area contributed by atoms with E-state index in [9.17, 15) is 9.90 Å². The molecule has 1 aliphatic rings. The van der Waals surface area contributed by atoms with Crippen LogP contribution in [0, 0.1) is 0 Å². The van der Waals surface area contributed by atoms with Gasteiger partial charge >= 0.3 is 6.03 Å². The molecule has 1 fully saturated rings. The lowest BCUT2D eigenvalue weighted by atomic mass is 10.1. The van der Waals surface area contributed by atoms with Crippen molar-refractivity contribution < 1.29 is 14.6 Å². The zero-order valence-corrected chi connectivity index (χ0v) is 11.8. The van der Waals surface area contributed by atoms with E-state index in [0.717, 1.165) is 37.1 Å². The first kappa shape index (κ1) is 14.7. The Bertz CT molecular complexity index is 433. The SMILES string of the molecule is COc1ccc(NC(=O)N2CCCCCC2CO)cc1. The molecular weight excluding hydrogens is 256 g/mol. The Morgan fingerprint density at radius 1 is 1.35 bits per heavy atom. The van der Waals surface area contributed by atoms with E-state index >= 15 is 0 Å². The fraction of sp³-hybridized carbons (Fsp3) is 0.533. The lowest BCUT2D eigenvalue weighted by Gasteiger charge is -2.28. The Hall–Kier alpha value is -1.75. The molecule has 20 heavy (non-hydrogen) atoms. The van der Waals surface area contributed by atoms with Crippen LogP contribution in [0.2, 0.25) is 0 Å². The maximum absolute atomic E-state index is 12.3. The van der Waals surface area contributed by atoms with Gasteiger partial charge in [-0.3, -0.25) is 0 Å². The van der Waals surface area contributed by atoms with E-state index in [0.29, 0.717) is 6.54 Å². The molecule has 0 aliphatic carbocycles. The first-order valence-electron chi connectivity index (χ1n) is 7.07. The minimum absolute atomic E-state index is 0.0238. The molecule has 1 atom stereocenters. The number of hydrogen-bond acceptors (Lipinski definition) is 3. The van der Waals surface area contributed by atoms with E-state index in [-0.39, 0.29) is 18.7 Å². The monoisotopic (exact) mass is 278 g/mol. The van der Waals surface area contributed by atoms with Crippen molar-refractivity contribution >= 4 is 11.7 Å². The molecule has 0 aromatic heterocycles. The van der Waals surface area contributed by atoms with Gasteiger partial charge in [0.1, 0.15) is 5.75 Å². The summed E-state index contributed by atoms with van der Waals surface area (Å²) < 4.78 is 5.09. The van der Waals surface area contributed by atoms with Crippen LogP contribution in [-0.2, 0) is 0 Å². The fourth-order valence-corrected chi connectivity index (χ4v) is 2.50. The highest BCUT2D eigenvalue weighted by Crippen LogP contribution is 2.19. The highest BCUT2D eigenvalue weighted by Gasteiger charge is 2.24. The summed E-state index contributed by atoms with van der Waals surface area (Å²) in [4.78, 5) is 14.1. The molecule has 5 nitrogen and oxygen atoms in total. The van der Waals surface area contributed by atoms with Gasteiger partial charge in [-0.15, -0.1) is 0 Å². The number of aliphatic hydroxyl groups is 1. The number of likely N-dealkylation sites (tertiary alicyclic amines) is 1. The smallest absolute Gasteiger partial charge is 0.322 e. The molecule has 1 aliphatic heterocycles. The second-order valence-corrected chi connectivity index (χ2v) is 5.04.